The van der Waals surface area contributed by atoms with Gasteiger partial charge in [-0.3, -0.25) is 0 Å². The SMILES string of the molecule is CCOC(C#Cc1cnc(C)nc1NC1CCCC1)OCC. The Morgan fingerprint density at radius 1 is 1.27 bits per heavy atom. The Balaban J connectivity index is 2.15. The molecule has 1 aromatic heterocycles. The highest BCUT2D eigenvalue weighted by molar-refractivity contribution is 5.53. The fraction of sp³-hybridized carbons (Fsp3) is 0.647. The molecule has 1 N–H and O–H groups in total. The minimum absolute atomic E-state index is 0.490. The lowest BCUT2D eigenvalue weighted by Gasteiger charge is -2.14. The summed E-state index contributed by atoms with van der Waals surface area (Å²) in [5, 5.41) is 3.50. The molecule has 0 atom stereocenters. The van der Waals surface area contributed by atoms with Crippen molar-refractivity contribution in [1.82, 2.24) is 9.97 Å². The summed E-state index contributed by atoms with van der Waals surface area (Å²) in [4.78, 5) is 8.75. The maximum atomic E-state index is 5.44. The zero-order chi connectivity index (χ0) is 15.8. The van der Waals surface area contributed by atoms with Crippen molar-refractivity contribution in [3.63, 3.8) is 0 Å². The summed E-state index contributed by atoms with van der Waals surface area (Å²) in [5.41, 5.74) is 0.793. The molecule has 1 heterocycles. The van der Waals surface area contributed by atoms with Gasteiger partial charge in [0.15, 0.2) is 0 Å². The topological polar surface area (TPSA) is 56.3 Å². The molecule has 5 nitrogen and oxygen atoms in total. The van der Waals surface area contributed by atoms with Crippen molar-refractivity contribution in [1.29, 1.82) is 0 Å². The Labute approximate surface area is 132 Å². The molecule has 0 bridgehead atoms. The van der Waals surface area contributed by atoms with E-state index in [1.165, 1.54) is 25.7 Å². The number of ether oxygens (including phenoxy) is 2. The summed E-state index contributed by atoms with van der Waals surface area (Å²) < 4.78 is 10.9. The number of hydrogen-bond donors (Lipinski definition) is 1. The van der Waals surface area contributed by atoms with Crippen molar-refractivity contribution in [2.24, 2.45) is 0 Å². The van der Waals surface area contributed by atoms with Crippen LogP contribution in [-0.2, 0) is 9.47 Å². The first kappa shape index (κ1) is 16.7. The molecule has 0 radical (unpaired) electrons. The summed E-state index contributed by atoms with van der Waals surface area (Å²) >= 11 is 0. The third-order valence-electron chi connectivity index (χ3n) is 3.57. The average Bonchev–Trinajstić information content (AvgIpc) is 3.00. The highest BCUT2D eigenvalue weighted by atomic mass is 16.7. The molecule has 0 aliphatic heterocycles. The Morgan fingerprint density at radius 2 is 1.95 bits per heavy atom. The van der Waals surface area contributed by atoms with Crippen LogP contribution in [0.4, 0.5) is 5.82 Å². The van der Waals surface area contributed by atoms with E-state index in [9.17, 15) is 0 Å². The van der Waals surface area contributed by atoms with Crippen LogP contribution in [0, 0.1) is 18.8 Å². The molecule has 1 fully saturated rings. The number of rotatable bonds is 6. The van der Waals surface area contributed by atoms with E-state index in [0.717, 1.165) is 17.2 Å². The van der Waals surface area contributed by atoms with Crippen molar-refractivity contribution in [3.05, 3.63) is 17.6 Å². The van der Waals surface area contributed by atoms with E-state index >= 15 is 0 Å². The van der Waals surface area contributed by atoms with Crippen LogP contribution >= 0.6 is 0 Å². The van der Waals surface area contributed by atoms with Gasteiger partial charge in [-0.1, -0.05) is 18.8 Å². The van der Waals surface area contributed by atoms with E-state index in [1.54, 1.807) is 6.20 Å². The molecule has 1 saturated carbocycles. The lowest BCUT2D eigenvalue weighted by molar-refractivity contribution is -0.0969. The zero-order valence-corrected chi connectivity index (χ0v) is 13.7. The van der Waals surface area contributed by atoms with Crippen LogP contribution in [0.3, 0.4) is 0 Å². The van der Waals surface area contributed by atoms with Crippen LogP contribution in [-0.4, -0.2) is 35.5 Å². The second-order valence-corrected chi connectivity index (χ2v) is 5.32. The van der Waals surface area contributed by atoms with E-state index in [1.807, 2.05) is 20.8 Å². The van der Waals surface area contributed by atoms with Crippen LogP contribution in [0.15, 0.2) is 6.20 Å². The summed E-state index contributed by atoms with van der Waals surface area (Å²) in [7, 11) is 0. The van der Waals surface area contributed by atoms with Gasteiger partial charge in [-0.05, 0) is 39.5 Å². The predicted molar refractivity (Wildman–Crippen MR) is 86.6 cm³/mol. The van der Waals surface area contributed by atoms with Crippen LogP contribution in [0.2, 0.25) is 0 Å². The molecule has 0 spiro atoms. The van der Waals surface area contributed by atoms with Crippen LogP contribution in [0.5, 0.6) is 0 Å². The van der Waals surface area contributed by atoms with Gasteiger partial charge >= 0.3 is 0 Å². The molecular formula is C17H25N3O2. The number of aryl methyl sites for hydroxylation is 1. The first-order chi connectivity index (χ1) is 10.7. The molecule has 1 aliphatic carbocycles. The number of aromatic nitrogens is 2. The summed E-state index contributed by atoms with van der Waals surface area (Å²) in [6.07, 6.45) is 6.20. The lowest BCUT2D eigenvalue weighted by Crippen LogP contribution is -2.17. The van der Waals surface area contributed by atoms with Crippen LogP contribution in [0.1, 0.15) is 50.9 Å². The maximum Gasteiger partial charge on any atom is 0.222 e. The van der Waals surface area contributed by atoms with E-state index in [4.69, 9.17) is 9.47 Å². The number of nitrogens with zero attached hydrogens (tertiary/aromatic N) is 2. The molecule has 0 amide bonds. The molecule has 0 saturated heterocycles. The van der Waals surface area contributed by atoms with Gasteiger partial charge in [0, 0.05) is 25.5 Å². The van der Waals surface area contributed by atoms with Crippen molar-refractivity contribution in [2.45, 2.75) is 58.8 Å². The van der Waals surface area contributed by atoms with Gasteiger partial charge in [0.2, 0.25) is 6.29 Å². The number of anilines is 1. The fourth-order valence-corrected chi connectivity index (χ4v) is 2.51. The third-order valence-corrected chi connectivity index (χ3v) is 3.57. The number of hydrogen-bond acceptors (Lipinski definition) is 5. The fourth-order valence-electron chi connectivity index (χ4n) is 2.51. The molecular weight excluding hydrogens is 278 g/mol. The smallest absolute Gasteiger partial charge is 0.222 e. The van der Waals surface area contributed by atoms with Crippen LogP contribution in [0.25, 0.3) is 0 Å². The minimum Gasteiger partial charge on any atom is -0.366 e. The monoisotopic (exact) mass is 303 g/mol. The summed E-state index contributed by atoms with van der Waals surface area (Å²) in [6, 6.07) is 0.490. The van der Waals surface area contributed by atoms with Gasteiger partial charge in [-0.15, -0.1) is 0 Å². The molecule has 120 valence electrons. The first-order valence-corrected chi connectivity index (χ1v) is 8.07. The highest BCUT2D eigenvalue weighted by Gasteiger charge is 2.16. The highest BCUT2D eigenvalue weighted by Crippen LogP contribution is 2.22. The van der Waals surface area contributed by atoms with Gasteiger partial charge in [-0.2, -0.15) is 0 Å². The Morgan fingerprint density at radius 3 is 2.59 bits per heavy atom. The van der Waals surface area contributed by atoms with Gasteiger partial charge < -0.3 is 14.8 Å². The molecule has 22 heavy (non-hydrogen) atoms. The normalized spacial score (nSPS) is 14.9. The average molecular weight is 303 g/mol. The first-order valence-electron chi connectivity index (χ1n) is 8.07. The van der Waals surface area contributed by atoms with E-state index in [-0.39, 0.29) is 0 Å². The minimum atomic E-state index is -0.504. The van der Waals surface area contributed by atoms with E-state index in [2.05, 4.69) is 27.1 Å². The largest absolute Gasteiger partial charge is 0.366 e. The van der Waals surface area contributed by atoms with Gasteiger partial charge in [0.25, 0.3) is 0 Å². The Hall–Kier alpha value is -1.64. The quantitative estimate of drug-likeness (QED) is 0.647. The molecule has 0 aromatic carbocycles. The Kier molecular flexibility index (Phi) is 6.63. The maximum absolute atomic E-state index is 5.44. The second-order valence-electron chi connectivity index (χ2n) is 5.32. The standard InChI is InChI=1S/C17H25N3O2/c1-4-21-16(22-5-2)11-10-14-12-18-13(3)19-17(14)20-15-8-6-7-9-15/h12,15-16H,4-9H2,1-3H3,(H,18,19,20). The zero-order valence-electron chi connectivity index (χ0n) is 13.7. The van der Waals surface area contributed by atoms with Gasteiger partial charge in [0.1, 0.15) is 11.6 Å². The molecule has 1 aliphatic rings. The van der Waals surface area contributed by atoms with E-state index < -0.39 is 6.29 Å². The van der Waals surface area contributed by atoms with Crippen molar-refractivity contribution in [2.75, 3.05) is 18.5 Å². The molecule has 1 aromatic rings. The third kappa shape index (κ3) is 4.97. The van der Waals surface area contributed by atoms with Crippen molar-refractivity contribution in [3.8, 4) is 11.8 Å². The molecule has 2 rings (SSSR count). The van der Waals surface area contributed by atoms with Crippen molar-refractivity contribution < 1.29 is 9.47 Å². The summed E-state index contributed by atoms with van der Waals surface area (Å²) in [5.74, 6) is 7.67. The lowest BCUT2D eigenvalue weighted by atomic mass is 10.2. The van der Waals surface area contributed by atoms with E-state index in [0.29, 0.717) is 19.3 Å². The Bertz CT molecular complexity index is 524. The second kappa shape index (κ2) is 8.72. The predicted octanol–water partition coefficient (Wildman–Crippen LogP) is 2.89. The van der Waals surface area contributed by atoms with Gasteiger partial charge in [-0.25, -0.2) is 9.97 Å². The van der Waals surface area contributed by atoms with Gasteiger partial charge in [0.05, 0.1) is 5.56 Å². The molecule has 5 heteroatoms. The summed E-state index contributed by atoms with van der Waals surface area (Å²) in [6.45, 7) is 6.87. The molecule has 0 unspecified atom stereocenters. The number of nitrogens with one attached hydrogen (secondary N) is 1. The van der Waals surface area contributed by atoms with Crippen molar-refractivity contribution >= 4 is 5.82 Å². The van der Waals surface area contributed by atoms with Crippen LogP contribution < -0.4 is 5.32 Å².